The number of anilines is 1. The molecule has 1 fully saturated rings. The number of hydrogen-bond donors (Lipinski definition) is 1. The van der Waals surface area contributed by atoms with E-state index in [4.69, 9.17) is 40.2 Å². The molecule has 2 aliphatic rings. The average molecular weight is 563 g/mol. The predicted molar refractivity (Wildman–Crippen MR) is 140 cm³/mol. The van der Waals surface area contributed by atoms with E-state index in [0.29, 0.717) is 39.7 Å². The third-order valence-corrected chi connectivity index (χ3v) is 10.3. The van der Waals surface area contributed by atoms with Gasteiger partial charge in [-0.15, -0.1) is 11.3 Å². The van der Waals surface area contributed by atoms with Crippen LogP contribution >= 0.6 is 46.8 Å². The molecular weight excluding hydrogens is 537 g/mol. The second-order valence-corrected chi connectivity index (χ2v) is 12.7. The van der Waals surface area contributed by atoms with Crippen LogP contribution in [0.25, 0.3) is 0 Å². The molecular formula is C22H25Cl2N3O4S3. The molecule has 1 N–H and O–H groups in total. The molecule has 0 amide bonds. The Labute approximate surface area is 219 Å². The number of rotatable bonds is 4. The molecule has 0 unspecified atom stereocenters. The van der Waals surface area contributed by atoms with E-state index >= 15 is 0 Å². The Hall–Kier alpha value is -1.43. The monoisotopic (exact) mass is 561 g/mol. The molecule has 1 aromatic carbocycles. The van der Waals surface area contributed by atoms with Crippen LogP contribution in [0, 0.1) is 5.92 Å². The highest BCUT2D eigenvalue weighted by atomic mass is 35.5. The van der Waals surface area contributed by atoms with Crippen LogP contribution in [0.4, 0.5) is 5.00 Å². The van der Waals surface area contributed by atoms with E-state index in [1.807, 2.05) is 4.90 Å². The van der Waals surface area contributed by atoms with Crippen molar-refractivity contribution in [3.8, 4) is 0 Å². The van der Waals surface area contributed by atoms with Crippen molar-refractivity contribution in [3.05, 3.63) is 44.2 Å². The number of carbonyl (C=O) groups is 1. The Bertz CT molecular complexity index is 1220. The third kappa shape index (κ3) is 5.08. The van der Waals surface area contributed by atoms with Crippen molar-refractivity contribution in [1.29, 1.82) is 0 Å². The molecule has 7 nitrogen and oxygen atoms in total. The summed E-state index contributed by atoms with van der Waals surface area (Å²) in [6.07, 6.45) is 2.81. The number of ether oxygens (including phenoxy) is 1. The molecule has 12 heteroatoms. The summed E-state index contributed by atoms with van der Waals surface area (Å²) in [5.74, 6) is 0.200. The van der Waals surface area contributed by atoms with Crippen LogP contribution < -0.4 is 5.32 Å². The van der Waals surface area contributed by atoms with Gasteiger partial charge in [0.2, 0.25) is 10.0 Å². The lowest BCUT2D eigenvalue weighted by molar-refractivity contribution is 0.0600. The third-order valence-electron chi connectivity index (χ3n) is 6.16. The Morgan fingerprint density at radius 2 is 1.94 bits per heavy atom. The van der Waals surface area contributed by atoms with E-state index in [2.05, 4.69) is 12.2 Å². The SMILES string of the molecule is COC(=O)c1c(NC(=S)N2CCN(S(=O)(=O)c3cc(Cl)ccc3Cl)CC2)sc2c1CC[C@@H](C)C2. The number of esters is 1. The molecule has 0 spiro atoms. The van der Waals surface area contributed by atoms with Gasteiger partial charge in [-0.25, -0.2) is 13.2 Å². The van der Waals surface area contributed by atoms with Gasteiger partial charge in [0.05, 0.1) is 17.7 Å². The molecule has 1 aliphatic heterocycles. The number of nitrogens with one attached hydrogen (secondary N) is 1. The normalized spacial score (nSPS) is 18.9. The standard InChI is InChI=1S/C22H25Cl2N3O4S3/c1-13-3-5-15-17(11-13)33-20(19(15)21(28)31-2)25-22(32)26-7-9-27(10-8-26)34(29,30)18-12-14(23)4-6-16(18)24/h4,6,12-13H,3,5,7-11H2,1-2H3,(H,25,32)/t13-/m1/s1. The number of hydrogen-bond acceptors (Lipinski definition) is 6. The Morgan fingerprint density at radius 3 is 2.62 bits per heavy atom. The molecule has 2 heterocycles. The Kier molecular flexibility index (Phi) is 7.76. The van der Waals surface area contributed by atoms with Crippen LogP contribution in [0.2, 0.25) is 10.0 Å². The largest absolute Gasteiger partial charge is 0.465 e. The van der Waals surface area contributed by atoms with Crippen molar-refractivity contribution in [3.63, 3.8) is 0 Å². The second-order valence-electron chi connectivity index (χ2n) is 8.44. The zero-order chi connectivity index (χ0) is 24.6. The first-order valence-corrected chi connectivity index (χ1v) is 14.3. The van der Waals surface area contributed by atoms with E-state index in [-0.39, 0.29) is 29.0 Å². The van der Waals surface area contributed by atoms with Crippen LogP contribution in [0.1, 0.15) is 34.1 Å². The van der Waals surface area contributed by atoms with Gasteiger partial charge in [0.1, 0.15) is 9.90 Å². The highest BCUT2D eigenvalue weighted by Crippen LogP contribution is 2.40. The molecule has 34 heavy (non-hydrogen) atoms. The van der Waals surface area contributed by atoms with Gasteiger partial charge in [-0.1, -0.05) is 30.1 Å². The van der Waals surface area contributed by atoms with Gasteiger partial charge >= 0.3 is 5.97 Å². The summed E-state index contributed by atoms with van der Waals surface area (Å²) in [6.45, 7) is 3.50. The maximum atomic E-state index is 13.1. The first kappa shape index (κ1) is 25.7. The number of nitrogens with zero attached hydrogens (tertiary/aromatic N) is 2. The fourth-order valence-corrected chi connectivity index (χ4v) is 8.19. The van der Waals surface area contributed by atoms with E-state index in [9.17, 15) is 13.2 Å². The summed E-state index contributed by atoms with van der Waals surface area (Å²) in [5, 5.41) is 4.82. The van der Waals surface area contributed by atoms with Crippen molar-refractivity contribution in [1.82, 2.24) is 9.21 Å². The minimum Gasteiger partial charge on any atom is -0.465 e. The first-order chi connectivity index (χ1) is 16.1. The Morgan fingerprint density at radius 1 is 1.24 bits per heavy atom. The van der Waals surface area contributed by atoms with E-state index in [1.54, 1.807) is 17.4 Å². The maximum absolute atomic E-state index is 13.1. The van der Waals surface area contributed by atoms with Gasteiger partial charge in [0.25, 0.3) is 0 Å². The fraction of sp³-hybridized carbons (Fsp3) is 0.455. The van der Waals surface area contributed by atoms with Gasteiger partial charge in [0.15, 0.2) is 5.11 Å². The first-order valence-electron chi connectivity index (χ1n) is 10.9. The molecule has 1 aromatic heterocycles. The number of carbonyl (C=O) groups excluding carboxylic acids is 1. The van der Waals surface area contributed by atoms with Gasteiger partial charge < -0.3 is 15.0 Å². The molecule has 0 saturated carbocycles. The lowest BCUT2D eigenvalue weighted by Gasteiger charge is -2.35. The van der Waals surface area contributed by atoms with Crippen molar-refractivity contribution >= 4 is 72.9 Å². The van der Waals surface area contributed by atoms with Crippen LogP contribution in [0.3, 0.4) is 0 Å². The number of thiocarbonyl (C=S) groups is 1. The van der Waals surface area contributed by atoms with Crippen LogP contribution in [-0.4, -0.2) is 62.0 Å². The van der Waals surface area contributed by atoms with Crippen LogP contribution in [0.15, 0.2) is 23.1 Å². The smallest absolute Gasteiger partial charge is 0.341 e. The van der Waals surface area contributed by atoms with Crippen molar-refractivity contribution in [2.24, 2.45) is 5.92 Å². The summed E-state index contributed by atoms with van der Waals surface area (Å²) in [7, 11) is -2.40. The van der Waals surface area contributed by atoms with E-state index < -0.39 is 10.0 Å². The van der Waals surface area contributed by atoms with Crippen molar-refractivity contribution in [2.45, 2.75) is 31.1 Å². The molecule has 0 radical (unpaired) electrons. The van der Waals surface area contributed by atoms with Crippen LogP contribution in [-0.2, 0) is 27.6 Å². The van der Waals surface area contributed by atoms with Gasteiger partial charge in [-0.2, -0.15) is 4.31 Å². The molecule has 4 rings (SSSR count). The van der Waals surface area contributed by atoms with E-state index in [0.717, 1.165) is 24.8 Å². The molecule has 184 valence electrons. The molecule has 1 aliphatic carbocycles. The summed E-state index contributed by atoms with van der Waals surface area (Å²) in [4.78, 5) is 15.6. The number of fused-ring (bicyclic) bond motifs is 1. The van der Waals surface area contributed by atoms with Crippen molar-refractivity contribution < 1.29 is 17.9 Å². The summed E-state index contributed by atoms with van der Waals surface area (Å²) < 4.78 is 32.6. The quantitative estimate of drug-likeness (QED) is 0.429. The topological polar surface area (TPSA) is 79.0 Å². The maximum Gasteiger partial charge on any atom is 0.341 e. The average Bonchev–Trinajstić information content (AvgIpc) is 3.16. The zero-order valence-electron chi connectivity index (χ0n) is 18.8. The van der Waals surface area contributed by atoms with Crippen molar-refractivity contribution in [2.75, 3.05) is 38.6 Å². The summed E-state index contributed by atoms with van der Waals surface area (Å²) in [6, 6.07) is 4.40. The zero-order valence-corrected chi connectivity index (χ0v) is 22.7. The minimum absolute atomic E-state index is 0.00284. The lowest BCUT2D eigenvalue weighted by atomic mass is 9.88. The summed E-state index contributed by atoms with van der Waals surface area (Å²) >= 11 is 19.3. The fourth-order valence-electron chi connectivity index (χ4n) is 4.28. The van der Waals surface area contributed by atoms with Gasteiger partial charge in [0, 0.05) is 36.1 Å². The van der Waals surface area contributed by atoms with Gasteiger partial charge in [-0.3, -0.25) is 0 Å². The summed E-state index contributed by atoms with van der Waals surface area (Å²) in [5.41, 5.74) is 1.61. The number of piperazine rings is 1. The number of benzene rings is 1. The second kappa shape index (κ2) is 10.3. The predicted octanol–water partition coefficient (Wildman–Crippen LogP) is 4.67. The molecule has 0 bridgehead atoms. The minimum atomic E-state index is -3.78. The molecule has 1 atom stereocenters. The molecule has 1 saturated heterocycles. The highest BCUT2D eigenvalue weighted by Gasteiger charge is 2.32. The lowest BCUT2D eigenvalue weighted by Crippen LogP contribution is -2.51. The van der Waals surface area contributed by atoms with Gasteiger partial charge in [-0.05, 0) is 61.2 Å². The number of methoxy groups -OCH3 is 1. The number of sulfonamides is 1. The van der Waals surface area contributed by atoms with Crippen LogP contribution in [0.5, 0.6) is 0 Å². The highest BCUT2D eigenvalue weighted by molar-refractivity contribution is 7.89. The number of halogens is 2. The van der Waals surface area contributed by atoms with E-state index in [1.165, 1.54) is 28.4 Å². The Balaban J connectivity index is 1.47. The molecule has 2 aromatic rings. The number of thiophene rings is 1.